The fourth-order valence-electron chi connectivity index (χ4n) is 1.63. The molecule has 2 atom stereocenters. The van der Waals surface area contributed by atoms with Crippen LogP contribution in [0.5, 0.6) is 0 Å². The molecule has 0 aliphatic heterocycles. The summed E-state index contributed by atoms with van der Waals surface area (Å²) in [5, 5.41) is 6.42. The Labute approximate surface area is 120 Å². The predicted octanol–water partition coefficient (Wildman–Crippen LogP) is 1.35. The highest BCUT2D eigenvalue weighted by Gasteiger charge is 2.12. The molecule has 0 saturated heterocycles. The van der Waals surface area contributed by atoms with Crippen LogP contribution in [-0.4, -0.2) is 48.7 Å². The first-order chi connectivity index (χ1) is 9.61. The summed E-state index contributed by atoms with van der Waals surface area (Å²) >= 11 is 0. The number of rotatable bonds is 7. The van der Waals surface area contributed by atoms with Gasteiger partial charge < -0.3 is 15.6 Å². The van der Waals surface area contributed by atoms with Gasteiger partial charge in [0.25, 0.3) is 0 Å². The number of fused-ring (bicyclic) bond motifs is 1. The van der Waals surface area contributed by atoms with Crippen LogP contribution in [0.4, 0.5) is 11.8 Å². The molecule has 0 saturated carbocycles. The van der Waals surface area contributed by atoms with Crippen molar-refractivity contribution in [2.45, 2.75) is 25.5 Å². The van der Waals surface area contributed by atoms with Crippen molar-refractivity contribution >= 4 is 33.7 Å². The number of aromatic amines is 1. The molecule has 0 aliphatic carbocycles. The van der Waals surface area contributed by atoms with Crippen molar-refractivity contribution in [1.82, 2.24) is 19.9 Å². The van der Waals surface area contributed by atoms with Crippen LogP contribution in [0.15, 0.2) is 6.33 Å². The first-order valence-corrected chi connectivity index (χ1v) is 8.25. The molecule has 0 spiro atoms. The SMILES string of the molecule is CCCNc1nc(NCC(C)S(C)=O)c2[nH]cnc2n1. The fourth-order valence-corrected chi connectivity index (χ4v) is 1.95. The van der Waals surface area contributed by atoms with Crippen molar-refractivity contribution < 1.29 is 4.21 Å². The van der Waals surface area contributed by atoms with Crippen molar-refractivity contribution in [2.75, 3.05) is 30.0 Å². The Morgan fingerprint density at radius 1 is 1.40 bits per heavy atom. The quantitative estimate of drug-likeness (QED) is 0.714. The van der Waals surface area contributed by atoms with E-state index in [4.69, 9.17) is 0 Å². The van der Waals surface area contributed by atoms with Gasteiger partial charge in [-0.3, -0.25) is 4.21 Å². The van der Waals surface area contributed by atoms with Gasteiger partial charge in [0.2, 0.25) is 5.95 Å². The maximum atomic E-state index is 11.4. The number of H-pyrrole nitrogens is 1. The molecule has 8 heteroatoms. The summed E-state index contributed by atoms with van der Waals surface area (Å²) < 4.78 is 11.4. The summed E-state index contributed by atoms with van der Waals surface area (Å²) in [6.07, 6.45) is 4.29. The number of nitrogens with one attached hydrogen (secondary N) is 3. The number of hydrogen-bond donors (Lipinski definition) is 3. The molecule has 0 amide bonds. The Bertz CT molecular complexity index is 599. The maximum absolute atomic E-state index is 11.4. The number of aromatic nitrogens is 4. The van der Waals surface area contributed by atoms with Crippen molar-refractivity contribution in [3.63, 3.8) is 0 Å². The lowest BCUT2D eigenvalue weighted by Gasteiger charge is -2.12. The summed E-state index contributed by atoms with van der Waals surface area (Å²) in [7, 11) is -0.866. The van der Waals surface area contributed by atoms with Gasteiger partial charge in [-0.1, -0.05) is 6.92 Å². The van der Waals surface area contributed by atoms with Crippen LogP contribution >= 0.6 is 0 Å². The van der Waals surface area contributed by atoms with Gasteiger partial charge >= 0.3 is 0 Å². The fraction of sp³-hybridized carbons (Fsp3) is 0.583. The van der Waals surface area contributed by atoms with E-state index in [1.54, 1.807) is 12.6 Å². The number of hydrogen-bond acceptors (Lipinski definition) is 6. The molecular weight excluding hydrogens is 276 g/mol. The Morgan fingerprint density at radius 2 is 2.20 bits per heavy atom. The maximum Gasteiger partial charge on any atom is 0.226 e. The molecule has 3 N–H and O–H groups in total. The minimum absolute atomic E-state index is 0.0509. The highest BCUT2D eigenvalue weighted by molar-refractivity contribution is 7.84. The summed E-state index contributed by atoms with van der Waals surface area (Å²) in [5.41, 5.74) is 1.38. The van der Waals surface area contributed by atoms with E-state index in [0.29, 0.717) is 24.0 Å². The van der Waals surface area contributed by atoms with Crippen LogP contribution in [0.2, 0.25) is 0 Å². The van der Waals surface area contributed by atoms with Gasteiger partial charge in [-0.15, -0.1) is 0 Å². The molecule has 20 heavy (non-hydrogen) atoms. The largest absolute Gasteiger partial charge is 0.367 e. The molecule has 110 valence electrons. The van der Waals surface area contributed by atoms with Gasteiger partial charge in [0.05, 0.1) is 6.33 Å². The Kier molecular flexibility index (Phi) is 4.89. The van der Waals surface area contributed by atoms with Crippen LogP contribution in [0.3, 0.4) is 0 Å². The summed E-state index contributed by atoms with van der Waals surface area (Å²) in [4.78, 5) is 16.0. The highest BCUT2D eigenvalue weighted by atomic mass is 32.2. The van der Waals surface area contributed by atoms with Gasteiger partial charge in [0, 0.05) is 35.4 Å². The van der Waals surface area contributed by atoms with Crippen molar-refractivity contribution in [1.29, 1.82) is 0 Å². The smallest absolute Gasteiger partial charge is 0.226 e. The summed E-state index contributed by atoms with van der Waals surface area (Å²) in [6, 6.07) is 0. The van der Waals surface area contributed by atoms with E-state index < -0.39 is 10.8 Å². The Morgan fingerprint density at radius 3 is 2.90 bits per heavy atom. The second-order valence-electron chi connectivity index (χ2n) is 4.61. The highest BCUT2D eigenvalue weighted by Crippen LogP contribution is 2.18. The molecule has 2 rings (SSSR count). The topological polar surface area (TPSA) is 95.6 Å². The zero-order chi connectivity index (χ0) is 14.5. The standard InChI is InChI=1S/C12H20N6OS/c1-4-5-13-12-17-10(14-6-8(2)20(3)19)9-11(18-12)16-7-15-9/h7-8H,4-6H2,1-3H3,(H3,13,14,15,16,17,18). The van der Waals surface area contributed by atoms with E-state index in [0.717, 1.165) is 18.5 Å². The van der Waals surface area contributed by atoms with E-state index >= 15 is 0 Å². The van der Waals surface area contributed by atoms with E-state index in [2.05, 4.69) is 37.5 Å². The minimum Gasteiger partial charge on any atom is -0.367 e. The second kappa shape index (κ2) is 6.65. The third kappa shape index (κ3) is 3.44. The number of anilines is 2. The van der Waals surface area contributed by atoms with E-state index in [1.165, 1.54) is 0 Å². The molecule has 2 heterocycles. The lowest BCUT2D eigenvalue weighted by Crippen LogP contribution is -2.21. The number of nitrogens with zero attached hydrogens (tertiary/aromatic N) is 3. The molecule has 2 aromatic rings. The van der Waals surface area contributed by atoms with Gasteiger partial charge in [0.1, 0.15) is 5.52 Å². The predicted molar refractivity (Wildman–Crippen MR) is 82.5 cm³/mol. The molecule has 7 nitrogen and oxygen atoms in total. The zero-order valence-electron chi connectivity index (χ0n) is 11.9. The van der Waals surface area contributed by atoms with Gasteiger partial charge in [-0.25, -0.2) is 4.98 Å². The zero-order valence-corrected chi connectivity index (χ0v) is 12.8. The van der Waals surface area contributed by atoms with Gasteiger partial charge in [-0.05, 0) is 13.3 Å². The lowest BCUT2D eigenvalue weighted by molar-refractivity contribution is 0.679. The van der Waals surface area contributed by atoms with E-state index in [-0.39, 0.29) is 5.25 Å². The minimum atomic E-state index is -0.866. The molecule has 0 fully saturated rings. The van der Waals surface area contributed by atoms with Crippen LogP contribution in [0.1, 0.15) is 20.3 Å². The Hall–Kier alpha value is -1.70. The van der Waals surface area contributed by atoms with Crippen LogP contribution in [-0.2, 0) is 10.8 Å². The van der Waals surface area contributed by atoms with Crippen LogP contribution in [0.25, 0.3) is 11.2 Å². The molecular formula is C12H20N6OS. The first-order valence-electron chi connectivity index (χ1n) is 6.63. The lowest BCUT2D eigenvalue weighted by atomic mass is 10.4. The molecule has 0 radical (unpaired) electrons. The Balaban J connectivity index is 2.21. The summed E-state index contributed by atoms with van der Waals surface area (Å²) in [6.45, 7) is 5.41. The molecule has 2 unspecified atom stereocenters. The molecule has 0 aromatic carbocycles. The third-order valence-electron chi connectivity index (χ3n) is 2.94. The second-order valence-corrected chi connectivity index (χ2v) is 6.42. The number of imidazole rings is 1. The van der Waals surface area contributed by atoms with Gasteiger partial charge in [-0.2, -0.15) is 9.97 Å². The molecule has 2 aromatic heterocycles. The van der Waals surface area contributed by atoms with E-state index in [9.17, 15) is 4.21 Å². The van der Waals surface area contributed by atoms with Crippen LogP contribution in [0, 0.1) is 0 Å². The van der Waals surface area contributed by atoms with Crippen molar-refractivity contribution in [3.8, 4) is 0 Å². The summed E-state index contributed by atoms with van der Waals surface area (Å²) in [5.74, 6) is 1.24. The van der Waals surface area contributed by atoms with Crippen molar-refractivity contribution in [2.24, 2.45) is 0 Å². The normalized spacial score (nSPS) is 14.2. The van der Waals surface area contributed by atoms with Gasteiger partial charge in [0.15, 0.2) is 11.5 Å². The van der Waals surface area contributed by atoms with E-state index in [1.807, 2.05) is 6.92 Å². The third-order valence-corrected chi connectivity index (χ3v) is 4.24. The van der Waals surface area contributed by atoms with Crippen LogP contribution < -0.4 is 10.6 Å². The molecule has 0 bridgehead atoms. The molecule has 0 aliphatic rings. The monoisotopic (exact) mass is 296 g/mol. The van der Waals surface area contributed by atoms with Crippen molar-refractivity contribution in [3.05, 3.63) is 6.33 Å². The average molecular weight is 296 g/mol. The first kappa shape index (κ1) is 14.7. The average Bonchev–Trinajstić information content (AvgIpc) is 2.90.